The molecule has 1 fully saturated rings. The van der Waals surface area contributed by atoms with Crippen LogP contribution in [0, 0.1) is 0 Å². The van der Waals surface area contributed by atoms with Gasteiger partial charge in [-0.1, -0.05) is 0 Å². The van der Waals surface area contributed by atoms with Crippen molar-refractivity contribution in [1.29, 1.82) is 0 Å². The van der Waals surface area contributed by atoms with Crippen LogP contribution in [0.15, 0.2) is 11.3 Å². The lowest BCUT2D eigenvalue weighted by Gasteiger charge is -2.21. The van der Waals surface area contributed by atoms with E-state index in [0.29, 0.717) is 18.1 Å². The highest BCUT2D eigenvalue weighted by Crippen LogP contribution is 2.32. The Labute approximate surface area is 144 Å². The van der Waals surface area contributed by atoms with Crippen LogP contribution in [0.1, 0.15) is 18.1 Å². The quantitative estimate of drug-likeness (QED) is 0.273. The van der Waals surface area contributed by atoms with Crippen molar-refractivity contribution in [3.8, 4) is 0 Å². The first kappa shape index (κ1) is 18.0. The average Bonchev–Trinajstić information content (AvgIpc) is 3.05. The Bertz CT molecular complexity index is 650. The number of aromatic nitrogens is 2. The van der Waals surface area contributed by atoms with Gasteiger partial charge in [0.2, 0.25) is 18.1 Å². The van der Waals surface area contributed by atoms with Crippen molar-refractivity contribution in [3.05, 3.63) is 12.0 Å². The van der Waals surface area contributed by atoms with E-state index in [1.807, 2.05) is 0 Å². The lowest BCUT2D eigenvalue weighted by atomic mass is 10.1. The molecule has 3 rings (SSSR count). The molecule has 0 radical (unpaired) electrons. The van der Waals surface area contributed by atoms with Crippen molar-refractivity contribution in [2.75, 3.05) is 32.2 Å². The van der Waals surface area contributed by atoms with Crippen LogP contribution in [0.2, 0.25) is 0 Å². The number of aliphatic imine (C=N–C) groups is 1. The number of aliphatic hydroxyl groups is 3. The third kappa shape index (κ3) is 3.21. The van der Waals surface area contributed by atoms with Crippen molar-refractivity contribution in [3.63, 3.8) is 0 Å². The minimum absolute atomic E-state index is 0.0639. The van der Waals surface area contributed by atoms with Crippen LogP contribution in [0.4, 0.5) is 5.82 Å². The van der Waals surface area contributed by atoms with Crippen molar-refractivity contribution >= 4 is 11.8 Å². The lowest BCUT2D eigenvalue weighted by molar-refractivity contribution is -0.754. The maximum Gasteiger partial charge on any atom is 0.271 e. The van der Waals surface area contributed by atoms with Gasteiger partial charge in [-0.05, 0) is 0 Å². The van der Waals surface area contributed by atoms with E-state index >= 15 is 0 Å². The first-order valence-electron chi connectivity index (χ1n) is 7.91. The molecule has 0 saturated carbocycles. The van der Waals surface area contributed by atoms with Crippen LogP contribution in [-0.4, -0.2) is 71.1 Å². The van der Waals surface area contributed by atoms with Crippen LogP contribution in [0.3, 0.4) is 0 Å². The van der Waals surface area contributed by atoms with Gasteiger partial charge in [0.25, 0.3) is 11.8 Å². The number of nitrogens with zero attached hydrogens (tertiary/aromatic N) is 3. The highest BCUT2D eigenvalue weighted by Gasteiger charge is 2.49. The minimum atomic E-state index is -1.12. The number of nitrogens with one attached hydrogen (secondary N) is 1. The van der Waals surface area contributed by atoms with Crippen molar-refractivity contribution in [2.45, 2.75) is 30.8 Å². The first-order chi connectivity index (χ1) is 12.0. The fraction of sp³-hybridized carbons (Fsp3) is 0.714. The van der Waals surface area contributed by atoms with Gasteiger partial charge in [0.1, 0.15) is 18.3 Å². The van der Waals surface area contributed by atoms with E-state index in [1.54, 1.807) is 29.6 Å². The molecule has 0 aromatic carbocycles. The summed E-state index contributed by atoms with van der Waals surface area (Å²) in [6.45, 7) is 0.260. The smallest absolute Gasteiger partial charge is 0.271 e. The summed E-state index contributed by atoms with van der Waals surface area (Å²) in [6, 6.07) is 0. The SMILES string of the molecule is COCCO[C@@H]1[C@H](O)[C@@H](CO)O[C@H]1[n+]1cn(C)c2c1NC(N)=NC2O. The predicted octanol–water partition coefficient (Wildman–Crippen LogP) is -2.67. The van der Waals surface area contributed by atoms with Crippen molar-refractivity contribution in [1.82, 2.24) is 4.57 Å². The zero-order valence-corrected chi connectivity index (χ0v) is 14.1. The van der Waals surface area contributed by atoms with Gasteiger partial charge in [0.15, 0.2) is 6.33 Å². The van der Waals surface area contributed by atoms with E-state index in [2.05, 4.69) is 10.3 Å². The van der Waals surface area contributed by atoms with Crippen molar-refractivity contribution < 1.29 is 34.1 Å². The van der Waals surface area contributed by atoms with E-state index in [4.69, 9.17) is 19.9 Å². The van der Waals surface area contributed by atoms with Gasteiger partial charge >= 0.3 is 0 Å². The number of guanidine groups is 1. The number of imidazole rings is 1. The molecule has 0 spiro atoms. The molecule has 2 aliphatic heterocycles. The standard InChI is InChI=1S/C14H24N5O6/c1-18-6-19(11-8(18)12(22)17-14(15)16-11)13-10(24-4-3-23-2)9(21)7(5-20)25-13/h6-7,9-10,12-13,20-22H,3-5H2,1-2H3,(H3,15,16,17)/q+1/t7-,9-,10-,12?,13-/m1/s1. The number of aryl methyl sites for hydroxylation is 1. The zero-order chi connectivity index (χ0) is 18.1. The molecular weight excluding hydrogens is 334 g/mol. The van der Waals surface area contributed by atoms with Gasteiger partial charge < -0.3 is 35.3 Å². The van der Waals surface area contributed by atoms with Crippen LogP contribution < -0.4 is 15.6 Å². The highest BCUT2D eigenvalue weighted by atomic mass is 16.6. The van der Waals surface area contributed by atoms with Gasteiger partial charge in [-0.25, -0.2) is 9.88 Å². The van der Waals surface area contributed by atoms with Gasteiger partial charge in [-0.15, -0.1) is 0 Å². The fourth-order valence-electron chi connectivity index (χ4n) is 3.12. The normalized spacial score (nSPS) is 31.6. The van der Waals surface area contributed by atoms with E-state index < -0.39 is 30.8 Å². The van der Waals surface area contributed by atoms with Crippen LogP contribution in [0.5, 0.6) is 0 Å². The summed E-state index contributed by atoms with van der Waals surface area (Å²) in [5, 5.41) is 32.9. The molecule has 6 N–H and O–H groups in total. The Morgan fingerprint density at radius 1 is 1.44 bits per heavy atom. The van der Waals surface area contributed by atoms with E-state index in [1.165, 1.54) is 0 Å². The summed E-state index contributed by atoms with van der Waals surface area (Å²) in [7, 11) is 3.29. The van der Waals surface area contributed by atoms with Crippen LogP contribution in [-0.2, 0) is 21.3 Å². The number of methoxy groups -OCH3 is 1. The number of rotatable bonds is 6. The molecule has 11 heteroatoms. The highest BCUT2D eigenvalue weighted by molar-refractivity contribution is 5.92. The third-order valence-electron chi connectivity index (χ3n) is 4.30. The molecule has 1 saturated heterocycles. The van der Waals surface area contributed by atoms with Gasteiger partial charge in [-0.2, -0.15) is 4.99 Å². The molecule has 0 aliphatic carbocycles. The number of ether oxygens (including phenoxy) is 3. The van der Waals surface area contributed by atoms with Gasteiger partial charge in [0.05, 0.1) is 26.9 Å². The van der Waals surface area contributed by atoms with Crippen molar-refractivity contribution in [2.24, 2.45) is 17.8 Å². The Morgan fingerprint density at radius 3 is 2.88 bits per heavy atom. The molecule has 1 unspecified atom stereocenters. The Kier molecular flexibility index (Phi) is 5.22. The molecule has 2 aliphatic rings. The van der Waals surface area contributed by atoms with E-state index in [-0.39, 0.29) is 19.2 Å². The zero-order valence-electron chi connectivity index (χ0n) is 14.1. The number of aliphatic hydroxyl groups excluding tert-OH is 3. The second kappa shape index (κ2) is 7.23. The number of hydrogen-bond acceptors (Lipinski definition) is 9. The van der Waals surface area contributed by atoms with Gasteiger partial charge in [-0.3, -0.25) is 4.57 Å². The molecule has 25 heavy (non-hydrogen) atoms. The molecule has 0 bridgehead atoms. The Hall–Kier alpha value is -1.76. The molecule has 140 valence electrons. The lowest BCUT2D eigenvalue weighted by Crippen LogP contribution is -2.49. The summed E-state index contributed by atoms with van der Waals surface area (Å²) in [5.74, 6) is 0.549. The summed E-state index contributed by atoms with van der Waals surface area (Å²) in [6.07, 6.45) is -2.71. The maximum absolute atomic E-state index is 10.4. The monoisotopic (exact) mass is 358 g/mol. The second-order valence-electron chi connectivity index (χ2n) is 5.95. The minimum Gasteiger partial charge on any atom is -0.394 e. The van der Waals surface area contributed by atoms with E-state index in [0.717, 1.165) is 0 Å². The first-order valence-corrected chi connectivity index (χ1v) is 7.91. The van der Waals surface area contributed by atoms with E-state index in [9.17, 15) is 15.3 Å². The average molecular weight is 358 g/mol. The van der Waals surface area contributed by atoms with Crippen LogP contribution >= 0.6 is 0 Å². The molecule has 0 amide bonds. The Balaban J connectivity index is 1.93. The summed E-state index contributed by atoms with van der Waals surface area (Å²) in [4.78, 5) is 3.88. The number of nitrogens with two attached hydrogens (primary N) is 1. The molecule has 3 heterocycles. The van der Waals surface area contributed by atoms with Gasteiger partial charge in [0, 0.05) is 7.11 Å². The number of hydrogen-bond donors (Lipinski definition) is 5. The molecule has 11 nitrogen and oxygen atoms in total. The number of anilines is 1. The number of fused-ring (bicyclic) bond motifs is 1. The predicted molar refractivity (Wildman–Crippen MR) is 84.4 cm³/mol. The topological polar surface area (TPSA) is 148 Å². The molecule has 1 aromatic heterocycles. The third-order valence-corrected chi connectivity index (χ3v) is 4.30. The molecule has 5 atom stereocenters. The van der Waals surface area contributed by atoms with Crippen LogP contribution in [0.25, 0.3) is 0 Å². The second-order valence-corrected chi connectivity index (χ2v) is 5.95. The Morgan fingerprint density at radius 2 is 2.20 bits per heavy atom. The summed E-state index contributed by atoms with van der Waals surface area (Å²) in [5.41, 5.74) is 6.20. The summed E-state index contributed by atoms with van der Waals surface area (Å²) < 4.78 is 19.8. The summed E-state index contributed by atoms with van der Waals surface area (Å²) >= 11 is 0. The maximum atomic E-state index is 10.4. The molecular formula is C14H24N5O6+. The molecule has 1 aromatic rings. The largest absolute Gasteiger partial charge is 0.394 e. The fourth-order valence-corrected chi connectivity index (χ4v) is 3.12.